The normalized spacial score (nSPS) is 14.1. The van der Waals surface area contributed by atoms with Gasteiger partial charge in [0, 0.05) is 27.5 Å². The molecular formula is C15H14BrClFNO. The third kappa shape index (κ3) is 3.04. The number of aliphatic hydroxyl groups is 1. The van der Waals surface area contributed by atoms with E-state index in [2.05, 4.69) is 15.9 Å². The van der Waals surface area contributed by atoms with Gasteiger partial charge < -0.3 is 10.8 Å². The van der Waals surface area contributed by atoms with Gasteiger partial charge in [-0.1, -0.05) is 51.8 Å². The van der Waals surface area contributed by atoms with E-state index in [4.69, 9.17) is 17.3 Å². The Labute approximate surface area is 130 Å². The first kappa shape index (κ1) is 15.4. The third-order valence-electron chi connectivity index (χ3n) is 3.24. The summed E-state index contributed by atoms with van der Waals surface area (Å²) in [6, 6.07) is 11.7. The summed E-state index contributed by atoms with van der Waals surface area (Å²) in [6.07, 6.45) is -1.10. The number of hydrogen-bond acceptors (Lipinski definition) is 2. The average Bonchev–Trinajstić information content (AvgIpc) is 2.41. The van der Waals surface area contributed by atoms with Crippen LogP contribution in [0.15, 0.2) is 46.9 Å². The van der Waals surface area contributed by atoms with Crippen molar-refractivity contribution in [1.82, 2.24) is 0 Å². The number of halogens is 3. The Morgan fingerprint density at radius 2 is 1.90 bits per heavy atom. The number of benzene rings is 2. The highest BCUT2D eigenvalue weighted by Crippen LogP contribution is 2.37. The Morgan fingerprint density at radius 1 is 1.20 bits per heavy atom. The molecule has 0 spiro atoms. The molecule has 2 rings (SSSR count). The SMILES string of the molecule is NCC(c1ccccc1Br)C(O)c1c(F)cccc1Cl. The molecule has 0 fully saturated rings. The van der Waals surface area contributed by atoms with E-state index in [1.165, 1.54) is 12.1 Å². The van der Waals surface area contributed by atoms with E-state index in [-0.39, 0.29) is 17.1 Å². The number of hydrogen-bond donors (Lipinski definition) is 2. The van der Waals surface area contributed by atoms with Crippen LogP contribution in [0.3, 0.4) is 0 Å². The van der Waals surface area contributed by atoms with Crippen LogP contribution >= 0.6 is 27.5 Å². The Bertz CT molecular complexity index is 588. The lowest BCUT2D eigenvalue weighted by atomic mass is 9.89. The van der Waals surface area contributed by atoms with Crippen molar-refractivity contribution in [2.75, 3.05) is 6.54 Å². The summed E-state index contributed by atoms with van der Waals surface area (Å²) in [6.45, 7) is 0.175. The number of rotatable bonds is 4. The van der Waals surface area contributed by atoms with Gasteiger partial charge in [-0.25, -0.2) is 4.39 Å². The molecule has 0 radical (unpaired) electrons. The van der Waals surface area contributed by atoms with Gasteiger partial charge in [0.05, 0.1) is 6.10 Å². The molecule has 0 heterocycles. The topological polar surface area (TPSA) is 46.2 Å². The minimum absolute atomic E-state index is 0.0837. The molecule has 2 atom stereocenters. The van der Waals surface area contributed by atoms with Crippen LogP contribution in [0, 0.1) is 5.82 Å². The molecule has 0 bridgehead atoms. The third-order valence-corrected chi connectivity index (χ3v) is 4.29. The molecule has 2 nitrogen and oxygen atoms in total. The maximum atomic E-state index is 13.9. The molecule has 20 heavy (non-hydrogen) atoms. The van der Waals surface area contributed by atoms with Crippen molar-refractivity contribution in [3.63, 3.8) is 0 Å². The zero-order valence-corrected chi connectivity index (χ0v) is 12.9. The number of aliphatic hydroxyl groups excluding tert-OH is 1. The van der Waals surface area contributed by atoms with Gasteiger partial charge in [0.25, 0.3) is 0 Å². The molecule has 2 aromatic rings. The van der Waals surface area contributed by atoms with E-state index >= 15 is 0 Å². The zero-order chi connectivity index (χ0) is 14.7. The molecular weight excluding hydrogens is 345 g/mol. The summed E-state index contributed by atoms with van der Waals surface area (Å²) in [5.41, 5.74) is 6.67. The molecule has 0 amide bonds. The maximum absolute atomic E-state index is 13.9. The first-order chi connectivity index (χ1) is 9.56. The molecule has 0 aliphatic rings. The van der Waals surface area contributed by atoms with Gasteiger partial charge in [0.2, 0.25) is 0 Å². The molecule has 0 aromatic heterocycles. The molecule has 2 unspecified atom stereocenters. The van der Waals surface area contributed by atoms with E-state index in [1.54, 1.807) is 6.07 Å². The van der Waals surface area contributed by atoms with Crippen molar-refractivity contribution in [3.8, 4) is 0 Å². The molecule has 5 heteroatoms. The molecule has 2 aromatic carbocycles. The lowest BCUT2D eigenvalue weighted by Crippen LogP contribution is -2.21. The van der Waals surface area contributed by atoms with Crippen molar-refractivity contribution in [2.24, 2.45) is 5.73 Å². The summed E-state index contributed by atoms with van der Waals surface area (Å²) in [7, 11) is 0. The van der Waals surface area contributed by atoms with Crippen LogP contribution in [0.1, 0.15) is 23.1 Å². The van der Waals surface area contributed by atoms with Crippen LogP contribution < -0.4 is 5.73 Å². The predicted octanol–water partition coefficient (Wildman–Crippen LogP) is 4.02. The molecule has 106 valence electrons. The Balaban J connectivity index is 2.45. The van der Waals surface area contributed by atoms with Gasteiger partial charge in [-0.3, -0.25) is 0 Å². The predicted molar refractivity (Wildman–Crippen MR) is 82.3 cm³/mol. The second-order valence-electron chi connectivity index (χ2n) is 4.44. The number of nitrogens with two attached hydrogens (primary N) is 1. The van der Waals surface area contributed by atoms with Crippen molar-refractivity contribution in [2.45, 2.75) is 12.0 Å². The van der Waals surface area contributed by atoms with Crippen LogP contribution in [0.2, 0.25) is 5.02 Å². The smallest absolute Gasteiger partial charge is 0.130 e. The summed E-state index contributed by atoms with van der Waals surface area (Å²) in [5.74, 6) is -0.976. The van der Waals surface area contributed by atoms with Crippen LogP contribution in [0.25, 0.3) is 0 Å². The van der Waals surface area contributed by atoms with Crippen molar-refractivity contribution < 1.29 is 9.50 Å². The maximum Gasteiger partial charge on any atom is 0.130 e. The van der Waals surface area contributed by atoms with Gasteiger partial charge in [0.15, 0.2) is 0 Å². The van der Waals surface area contributed by atoms with Crippen LogP contribution in [0.5, 0.6) is 0 Å². The molecule has 0 saturated carbocycles. The van der Waals surface area contributed by atoms with Crippen molar-refractivity contribution in [3.05, 3.63) is 68.9 Å². The highest BCUT2D eigenvalue weighted by molar-refractivity contribution is 9.10. The average molecular weight is 359 g/mol. The van der Waals surface area contributed by atoms with E-state index < -0.39 is 17.8 Å². The van der Waals surface area contributed by atoms with E-state index in [9.17, 15) is 9.50 Å². The fourth-order valence-electron chi connectivity index (χ4n) is 2.20. The Kier molecular flexibility index (Phi) is 5.16. The fourth-order valence-corrected chi connectivity index (χ4v) is 3.05. The second-order valence-corrected chi connectivity index (χ2v) is 5.71. The van der Waals surface area contributed by atoms with Gasteiger partial charge in [-0.05, 0) is 23.8 Å². The van der Waals surface area contributed by atoms with Crippen LogP contribution in [-0.4, -0.2) is 11.7 Å². The fraction of sp³-hybridized carbons (Fsp3) is 0.200. The lowest BCUT2D eigenvalue weighted by molar-refractivity contribution is 0.143. The minimum atomic E-state index is -1.10. The van der Waals surface area contributed by atoms with Gasteiger partial charge in [-0.2, -0.15) is 0 Å². The molecule has 0 saturated heterocycles. The highest BCUT2D eigenvalue weighted by atomic mass is 79.9. The standard InChI is InChI=1S/C15H14BrClFNO/c16-11-5-2-1-4-9(11)10(8-19)15(20)14-12(17)6-3-7-13(14)18/h1-7,10,15,20H,8,19H2. The van der Waals surface area contributed by atoms with E-state index in [0.717, 1.165) is 10.0 Å². The van der Waals surface area contributed by atoms with E-state index in [1.807, 2.05) is 24.3 Å². The lowest BCUT2D eigenvalue weighted by Gasteiger charge is -2.24. The summed E-state index contributed by atoms with van der Waals surface area (Å²) in [4.78, 5) is 0. The first-order valence-corrected chi connectivity index (χ1v) is 7.29. The van der Waals surface area contributed by atoms with Crippen molar-refractivity contribution in [1.29, 1.82) is 0 Å². The zero-order valence-electron chi connectivity index (χ0n) is 10.6. The van der Waals surface area contributed by atoms with Crippen LogP contribution in [-0.2, 0) is 0 Å². The molecule has 3 N–H and O–H groups in total. The monoisotopic (exact) mass is 357 g/mol. The summed E-state index contributed by atoms with van der Waals surface area (Å²) < 4.78 is 14.7. The highest BCUT2D eigenvalue weighted by Gasteiger charge is 2.27. The summed E-state index contributed by atoms with van der Waals surface area (Å²) in [5, 5.41) is 10.7. The first-order valence-electron chi connectivity index (χ1n) is 6.12. The Hall–Kier alpha value is -0.940. The van der Waals surface area contributed by atoms with Gasteiger partial charge in [0.1, 0.15) is 5.82 Å². The second kappa shape index (κ2) is 6.68. The van der Waals surface area contributed by atoms with Gasteiger partial charge >= 0.3 is 0 Å². The Morgan fingerprint density at radius 3 is 2.50 bits per heavy atom. The largest absolute Gasteiger partial charge is 0.388 e. The van der Waals surface area contributed by atoms with Crippen molar-refractivity contribution >= 4 is 27.5 Å². The molecule has 0 aliphatic carbocycles. The quantitative estimate of drug-likeness (QED) is 0.867. The molecule has 0 aliphatic heterocycles. The van der Waals surface area contributed by atoms with Gasteiger partial charge in [-0.15, -0.1) is 0 Å². The van der Waals surface area contributed by atoms with E-state index in [0.29, 0.717) is 0 Å². The summed E-state index contributed by atoms with van der Waals surface area (Å²) >= 11 is 9.42. The van der Waals surface area contributed by atoms with Crippen LogP contribution in [0.4, 0.5) is 4.39 Å². The minimum Gasteiger partial charge on any atom is -0.388 e.